The van der Waals surface area contributed by atoms with Gasteiger partial charge in [0, 0.05) is 23.0 Å². The lowest BCUT2D eigenvalue weighted by Gasteiger charge is -2.12. The third-order valence-corrected chi connectivity index (χ3v) is 4.06. The van der Waals surface area contributed by atoms with Gasteiger partial charge in [0.15, 0.2) is 12.4 Å². The number of amides is 1. The van der Waals surface area contributed by atoms with Crippen LogP contribution in [0.4, 0.5) is 0 Å². The standard InChI is InChI=1S/C17H20ClNO4/c1-11(12-2-3-12)19-16(21)10-23-17(22)9-8-15(20)13-4-6-14(18)7-5-13/h4-7,11-12H,2-3,8-10H2,1H3,(H,19,21)/t11-/m1/s1. The van der Waals surface area contributed by atoms with Crippen LogP contribution in [-0.4, -0.2) is 30.3 Å². The van der Waals surface area contributed by atoms with Gasteiger partial charge in [0.2, 0.25) is 0 Å². The van der Waals surface area contributed by atoms with Crippen LogP contribution in [0.1, 0.15) is 43.0 Å². The zero-order chi connectivity index (χ0) is 16.8. The van der Waals surface area contributed by atoms with Gasteiger partial charge in [-0.05, 0) is 49.9 Å². The molecule has 0 bridgehead atoms. The second-order valence-electron chi connectivity index (χ2n) is 5.78. The average Bonchev–Trinajstić information content (AvgIpc) is 3.36. The van der Waals surface area contributed by atoms with E-state index in [1.807, 2.05) is 6.92 Å². The zero-order valence-corrected chi connectivity index (χ0v) is 13.8. The molecule has 0 spiro atoms. The molecule has 0 aliphatic heterocycles. The van der Waals surface area contributed by atoms with E-state index in [0.717, 1.165) is 12.8 Å². The molecule has 1 fully saturated rings. The van der Waals surface area contributed by atoms with E-state index in [4.69, 9.17) is 16.3 Å². The maximum atomic E-state index is 11.9. The highest BCUT2D eigenvalue weighted by atomic mass is 35.5. The number of ketones is 1. The van der Waals surface area contributed by atoms with Crippen LogP contribution in [0.25, 0.3) is 0 Å². The first kappa shape index (κ1) is 17.5. The number of hydrogen-bond acceptors (Lipinski definition) is 4. The van der Waals surface area contributed by atoms with Gasteiger partial charge in [-0.1, -0.05) is 11.6 Å². The Kier molecular flexibility index (Phi) is 6.16. The molecular weight excluding hydrogens is 318 g/mol. The molecular formula is C17H20ClNO4. The van der Waals surface area contributed by atoms with Crippen LogP contribution in [0.3, 0.4) is 0 Å². The Hall–Kier alpha value is -1.88. The van der Waals surface area contributed by atoms with Crippen molar-refractivity contribution in [3.63, 3.8) is 0 Å². The van der Waals surface area contributed by atoms with E-state index >= 15 is 0 Å². The van der Waals surface area contributed by atoms with E-state index in [1.54, 1.807) is 24.3 Å². The van der Waals surface area contributed by atoms with Crippen molar-refractivity contribution in [2.45, 2.75) is 38.6 Å². The first-order valence-electron chi connectivity index (χ1n) is 7.69. The van der Waals surface area contributed by atoms with E-state index in [0.29, 0.717) is 16.5 Å². The molecule has 2 rings (SSSR count). The maximum absolute atomic E-state index is 11.9. The lowest BCUT2D eigenvalue weighted by atomic mass is 10.1. The number of carbonyl (C=O) groups is 3. The topological polar surface area (TPSA) is 72.5 Å². The molecule has 0 unspecified atom stereocenters. The van der Waals surface area contributed by atoms with Crippen LogP contribution in [0.2, 0.25) is 5.02 Å². The largest absolute Gasteiger partial charge is 0.456 e. The van der Waals surface area contributed by atoms with Gasteiger partial charge < -0.3 is 10.1 Å². The predicted octanol–water partition coefficient (Wildman–Crippen LogP) is 2.76. The number of hydrogen-bond donors (Lipinski definition) is 1. The fraction of sp³-hybridized carbons (Fsp3) is 0.471. The molecule has 23 heavy (non-hydrogen) atoms. The third-order valence-electron chi connectivity index (χ3n) is 3.80. The summed E-state index contributed by atoms with van der Waals surface area (Å²) in [6.45, 7) is 1.65. The van der Waals surface area contributed by atoms with Crippen LogP contribution in [0.15, 0.2) is 24.3 Å². The second kappa shape index (κ2) is 8.11. The van der Waals surface area contributed by atoms with Crippen molar-refractivity contribution in [1.82, 2.24) is 5.32 Å². The summed E-state index contributed by atoms with van der Waals surface area (Å²) in [6.07, 6.45) is 2.26. The van der Waals surface area contributed by atoms with E-state index in [-0.39, 0.29) is 37.2 Å². The summed E-state index contributed by atoms with van der Waals surface area (Å²) in [7, 11) is 0. The molecule has 0 saturated heterocycles. The lowest BCUT2D eigenvalue weighted by molar-refractivity contribution is -0.148. The third kappa shape index (κ3) is 6.02. The van der Waals surface area contributed by atoms with Crippen molar-refractivity contribution in [2.75, 3.05) is 6.61 Å². The van der Waals surface area contributed by atoms with Crippen molar-refractivity contribution >= 4 is 29.3 Å². The number of halogens is 1. The second-order valence-corrected chi connectivity index (χ2v) is 6.22. The number of benzene rings is 1. The Bertz CT molecular complexity index is 581. The molecule has 0 heterocycles. The van der Waals surface area contributed by atoms with Crippen molar-refractivity contribution in [3.8, 4) is 0 Å². The van der Waals surface area contributed by atoms with E-state index < -0.39 is 5.97 Å². The van der Waals surface area contributed by atoms with Crippen molar-refractivity contribution in [2.24, 2.45) is 5.92 Å². The molecule has 0 radical (unpaired) electrons. The monoisotopic (exact) mass is 337 g/mol. The number of esters is 1. The zero-order valence-electron chi connectivity index (χ0n) is 13.0. The molecule has 1 aliphatic rings. The van der Waals surface area contributed by atoms with Crippen LogP contribution in [0, 0.1) is 5.92 Å². The first-order chi connectivity index (χ1) is 11.0. The van der Waals surface area contributed by atoms with E-state index in [1.165, 1.54) is 0 Å². The summed E-state index contributed by atoms with van der Waals surface area (Å²) >= 11 is 5.75. The van der Waals surface area contributed by atoms with Crippen LogP contribution < -0.4 is 5.32 Å². The van der Waals surface area contributed by atoms with Crippen LogP contribution in [-0.2, 0) is 14.3 Å². The highest BCUT2D eigenvalue weighted by molar-refractivity contribution is 6.30. The number of nitrogens with one attached hydrogen (secondary N) is 1. The van der Waals surface area contributed by atoms with Crippen molar-refractivity contribution < 1.29 is 19.1 Å². The Morgan fingerprint density at radius 2 is 1.87 bits per heavy atom. The summed E-state index contributed by atoms with van der Waals surface area (Å²) in [6, 6.07) is 6.59. The highest BCUT2D eigenvalue weighted by Crippen LogP contribution is 2.32. The Labute approximate surface area is 140 Å². The average molecular weight is 338 g/mol. The Morgan fingerprint density at radius 3 is 2.48 bits per heavy atom. The lowest BCUT2D eigenvalue weighted by Crippen LogP contribution is -2.37. The molecule has 1 N–H and O–H groups in total. The van der Waals surface area contributed by atoms with Gasteiger partial charge in [-0.2, -0.15) is 0 Å². The molecule has 1 saturated carbocycles. The smallest absolute Gasteiger partial charge is 0.306 e. The summed E-state index contributed by atoms with van der Waals surface area (Å²) in [4.78, 5) is 35.1. The fourth-order valence-electron chi connectivity index (χ4n) is 2.22. The molecule has 6 heteroatoms. The Balaban J connectivity index is 1.65. The number of carbonyl (C=O) groups excluding carboxylic acids is 3. The first-order valence-corrected chi connectivity index (χ1v) is 8.07. The Morgan fingerprint density at radius 1 is 1.22 bits per heavy atom. The van der Waals surface area contributed by atoms with E-state index in [9.17, 15) is 14.4 Å². The van der Waals surface area contributed by atoms with Gasteiger partial charge in [0.1, 0.15) is 0 Å². The number of Topliss-reactive ketones (excluding diaryl/α,β-unsaturated/α-hetero) is 1. The van der Waals surface area contributed by atoms with Gasteiger partial charge in [0.25, 0.3) is 5.91 Å². The SMILES string of the molecule is C[C@@H](NC(=O)COC(=O)CCC(=O)c1ccc(Cl)cc1)C1CC1. The van der Waals surface area contributed by atoms with Gasteiger partial charge in [-0.15, -0.1) is 0 Å². The molecule has 1 amide bonds. The van der Waals surface area contributed by atoms with Crippen LogP contribution >= 0.6 is 11.6 Å². The minimum Gasteiger partial charge on any atom is -0.456 e. The highest BCUT2D eigenvalue weighted by Gasteiger charge is 2.28. The van der Waals surface area contributed by atoms with Crippen molar-refractivity contribution in [1.29, 1.82) is 0 Å². The molecule has 5 nitrogen and oxygen atoms in total. The fourth-order valence-corrected chi connectivity index (χ4v) is 2.35. The summed E-state index contributed by atoms with van der Waals surface area (Å²) in [5.74, 6) is -0.472. The van der Waals surface area contributed by atoms with Gasteiger partial charge in [0.05, 0.1) is 6.42 Å². The summed E-state index contributed by atoms with van der Waals surface area (Å²) in [5, 5.41) is 3.35. The maximum Gasteiger partial charge on any atom is 0.306 e. The van der Waals surface area contributed by atoms with Gasteiger partial charge in [-0.3, -0.25) is 14.4 Å². The number of ether oxygens (including phenoxy) is 1. The van der Waals surface area contributed by atoms with E-state index in [2.05, 4.69) is 5.32 Å². The van der Waals surface area contributed by atoms with Crippen molar-refractivity contribution in [3.05, 3.63) is 34.9 Å². The van der Waals surface area contributed by atoms with Gasteiger partial charge >= 0.3 is 5.97 Å². The minimum atomic E-state index is -0.554. The molecule has 1 aromatic rings. The van der Waals surface area contributed by atoms with Gasteiger partial charge in [-0.25, -0.2) is 0 Å². The molecule has 1 aromatic carbocycles. The minimum absolute atomic E-state index is 0.0422. The predicted molar refractivity (Wildman–Crippen MR) is 86.3 cm³/mol. The summed E-state index contributed by atoms with van der Waals surface area (Å²) < 4.78 is 4.89. The van der Waals surface area contributed by atoms with Crippen LogP contribution in [0.5, 0.6) is 0 Å². The normalized spacial score (nSPS) is 14.9. The number of rotatable bonds is 8. The molecule has 0 aromatic heterocycles. The summed E-state index contributed by atoms with van der Waals surface area (Å²) in [5.41, 5.74) is 0.498. The molecule has 124 valence electrons. The quantitative estimate of drug-likeness (QED) is 0.585. The molecule has 1 atom stereocenters. The molecule has 1 aliphatic carbocycles.